The largest absolute Gasteiger partial charge is 0.464 e. The zero-order chi connectivity index (χ0) is 22.5. The van der Waals surface area contributed by atoms with Crippen LogP contribution in [0.5, 0.6) is 0 Å². The Kier molecular flexibility index (Phi) is 6.40. The normalized spacial score (nSPS) is 11.9. The fraction of sp³-hybridized carbons (Fsp3) is 0.231. The Labute approximate surface area is 187 Å². The Morgan fingerprint density at radius 2 is 1.84 bits per heavy atom. The number of rotatable bonds is 8. The van der Waals surface area contributed by atoms with Gasteiger partial charge in [-0.15, -0.1) is 0 Å². The predicted octanol–water partition coefficient (Wildman–Crippen LogP) is 4.27. The lowest BCUT2D eigenvalue weighted by Crippen LogP contribution is -2.41. The van der Waals surface area contributed by atoms with Gasteiger partial charge in [0.15, 0.2) is 0 Å². The topological polar surface area (TPSA) is 67.5 Å². The second kappa shape index (κ2) is 9.56. The van der Waals surface area contributed by atoms with Crippen molar-refractivity contribution in [3.8, 4) is 0 Å². The maximum atomic E-state index is 13.4. The molecule has 0 aliphatic heterocycles. The van der Waals surface area contributed by atoms with Crippen molar-refractivity contribution in [2.45, 2.75) is 18.9 Å². The molecule has 1 unspecified atom stereocenters. The third-order valence-electron chi connectivity index (χ3n) is 5.85. The first-order valence-corrected chi connectivity index (χ1v) is 10.7. The van der Waals surface area contributed by atoms with Crippen molar-refractivity contribution in [3.05, 3.63) is 96.0 Å². The van der Waals surface area contributed by atoms with Gasteiger partial charge in [0.2, 0.25) is 0 Å². The van der Waals surface area contributed by atoms with E-state index in [1.165, 1.54) is 0 Å². The molecule has 0 saturated carbocycles. The van der Waals surface area contributed by atoms with Gasteiger partial charge in [0.05, 0.1) is 11.8 Å². The van der Waals surface area contributed by atoms with E-state index < -0.39 is 0 Å². The Hall–Kier alpha value is -3.80. The summed E-state index contributed by atoms with van der Waals surface area (Å²) >= 11 is 0. The van der Waals surface area contributed by atoms with Gasteiger partial charge in [0.25, 0.3) is 11.8 Å². The van der Waals surface area contributed by atoms with Crippen molar-refractivity contribution >= 4 is 22.8 Å². The molecule has 4 aromatic rings. The summed E-state index contributed by atoms with van der Waals surface area (Å²) in [7, 11) is 3.67. The molecular weight excluding hydrogens is 402 g/mol. The van der Waals surface area contributed by atoms with Gasteiger partial charge in [-0.3, -0.25) is 9.59 Å². The van der Waals surface area contributed by atoms with E-state index in [4.69, 9.17) is 4.42 Å². The van der Waals surface area contributed by atoms with Gasteiger partial charge in [0, 0.05) is 38.3 Å². The average molecular weight is 430 g/mol. The number of carbonyl (C=O) groups is 2. The van der Waals surface area contributed by atoms with Crippen LogP contribution in [0.1, 0.15) is 32.8 Å². The standard InChI is InChI=1S/C26H27N3O3/c1-28-16-7-11-23(28)25(30)27-15-13-20(18-19-8-4-3-5-9-19)29(2)26(31)22-10-6-12-24-21(22)14-17-32-24/h3-12,14,16-17,20H,13,15,18H2,1-2H3,(H,27,30). The SMILES string of the molecule is CN(C(=O)c1cccc2occc12)C(CCNC(=O)c1cccn1C)Cc1ccccc1. The summed E-state index contributed by atoms with van der Waals surface area (Å²) in [6.07, 6.45) is 4.77. The van der Waals surface area contributed by atoms with Gasteiger partial charge in [-0.1, -0.05) is 36.4 Å². The molecule has 0 aliphatic rings. The van der Waals surface area contributed by atoms with Gasteiger partial charge in [0.1, 0.15) is 11.3 Å². The number of hydrogen-bond acceptors (Lipinski definition) is 3. The molecule has 32 heavy (non-hydrogen) atoms. The first-order chi connectivity index (χ1) is 15.5. The summed E-state index contributed by atoms with van der Waals surface area (Å²) in [5.41, 5.74) is 3.07. The summed E-state index contributed by atoms with van der Waals surface area (Å²) in [6.45, 7) is 0.467. The quantitative estimate of drug-likeness (QED) is 0.455. The van der Waals surface area contributed by atoms with Crippen LogP contribution in [-0.2, 0) is 13.5 Å². The Balaban J connectivity index is 1.50. The number of benzene rings is 2. The maximum Gasteiger partial charge on any atom is 0.267 e. The van der Waals surface area contributed by atoms with Crippen molar-refractivity contribution < 1.29 is 14.0 Å². The fourth-order valence-electron chi connectivity index (χ4n) is 4.00. The van der Waals surface area contributed by atoms with E-state index in [9.17, 15) is 9.59 Å². The van der Waals surface area contributed by atoms with Crippen LogP contribution in [0.4, 0.5) is 0 Å². The summed E-state index contributed by atoms with van der Waals surface area (Å²) in [4.78, 5) is 27.7. The molecule has 0 saturated heterocycles. The molecule has 2 aromatic heterocycles. The van der Waals surface area contributed by atoms with Crippen molar-refractivity contribution in [2.75, 3.05) is 13.6 Å². The predicted molar refractivity (Wildman–Crippen MR) is 125 cm³/mol. The van der Waals surface area contributed by atoms with Crippen LogP contribution >= 0.6 is 0 Å². The number of nitrogens with zero attached hydrogens (tertiary/aromatic N) is 2. The van der Waals surface area contributed by atoms with E-state index in [2.05, 4.69) is 17.4 Å². The van der Waals surface area contributed by atoms with E-state index >= 15 is 0 Å². The van der Waals surface area contributed by atoms with Gasteiger partial charge in [-0.05, 0) is 48.7 Å². The van der Waals surface area contributed by atoms with Crippen LogP contribution in [0.25, 0.3) is 11.0 Å². The van der Waals surface area contributed by atoms with Crippen LogP contribution in [-0.4, -0.2) is 40.9 Å². The molecule has 6 heteroatoms. The first-order valence-electron chi connectivity index (χ1n) is 10.7. The number of aromatic nitrogens is 1. The van der Waals surface area contributed by atoms with Crippen molar-refractivity contribution in [1.29, 1.82) is 0 Å². The zero-order valence-electron chi connectivity index (χ0n) is 18.3. The number of amides is 2. The highest BCUT2D eigenvalue weighted by molar-refractivity contribution is 6.05. The van der Waals surface area contributed by atoms with Crippen molar-refractivity contribution in [1.82, 2.24) is 14.8 Å². The maximum absolute atomic E-state index is 13.4. The monoisotopic (exact) mass is 429 g/mol. The molecule has 0 spiro atoms. The smallest absolute Gasteiger partial charge is 0.267 e. The van der Waals surface area contributed by atoms with Crippen molar-refractivity contribution in [2.24, 2.45) is 7.05 Å². The molecular formula is C26H27N3O3. The highest BCUT2D eigenvalue weighted by atomic mass is 16.3. The highest BCUT2D eigenvalue weighted by Crippen LogP contribution is 2.22. The number of carbonyl (C=O) groups excluding carboxylic acids is 2. The minimum absolute atomic E-state index is 0.0632. The zero-order valence-corrected chi connectivity index (χ0v) is 18.3. The molecule has 164 valence electrons. The van der Waals surface area contributed by atoms with E-state index in [-0.39, 0.29) is 17.9 Å². The molecule has 0 fully saturated rings. The highest BCUT2D eigenvalue weighted by Gasteiger charge is 2.23. The Bertz CT molecular complexity index is 1210. The number of likely N-dealkylation sites (N-methyl/N-ethyl adjacent to an activating group) is 1. The summed E-state index contributed by atoms with van der Waals surface area (Å²) in [5, 5.41) is 3.79. The number of nitrogens with one attached hydrogen (secondary N) is 1. The Morgan fingerprint density at radius 3 is 2.59 bits per heavy atom. The molecule has 0 radical (unpaired) electrons. The van der Waals surface area contributed by atoms with Gasteiger partial charge >= 0.3 is 0 Å². The van der Waals surface area contributed by atoms with Crippen LogP contribution in [0.2, 0.25) is 0 Å². The fourth-order valence-corrected chi connectivity index (χ4v) is 4.00. The molecule has 1 atom stereocenters. The van der Waals surface area contributed by atoms with E-state index in [0.717, 1.165) is 10.9 Å². The second-order valence-corrected chi connectivity index (χ2v) is 7.95. The third-order valence-corrected chi connectivity index (χ3v) is 5.85. The number of furan rings is 1. The van der Waals surface area contributed by atoms with E-state index in [1.807, 2.05) is 68.8 Å². The van der Waals surface area contributed by atoms with Gasteiger partial charge in [-0.25, -0.2) is 0 Å². The van der Waals surface area contributed by atoms with Gasteiger partial charge < -0.3 is 19.2 Å². The van der Waals surface area contributed by atoms with Crippen molar-refractivity contribution in [3.63, 3.8) is 0 Å². The van der Waals surface area contributed by atoms with Crippen LogP contribution in [0.3, 0.4) is 0 Å². The van der Waals surface area contributed by atoms with Crippen LogP contribution in [0, 0.1) is 0 Å². The lowest BCUT2D eigenvalue weighted by atomic mass is 10.0. The third kappa shape index (κ3) is 4.59. The summed E-state index contributed by atoms with van der Waals surface area (Å²) < 4.78 is 7.25. The lowest BCUT2D eigenvalue weighted by molar-refractivity contribution is 0.0724. The number of aryl methyl sites for hydroxylation is 1. The molecule has 2 aromatic carbocycles. The number of fused-ring (bicyclic) bond motifs is 1. The van der Waals surface area contributed by atoms with Crippen LogP contribution in [0.15, 0.2) is 83.6 Å². The minimum atomic E-state index is -0.117. The average Bonchev–Trinajstić information content (AvgIpc) is 3.46. The summed E-state index contributed by atoms with van der Waals surface area (Å²) in [5.74, 6) is -0.181. The molecule has 2 heterocycles. The molecule has 0 bridgehead atoms. The van der Waals surface area contributed by atoms with E-state index in [0.29, 0.717) is 36.2 Å². The molecule has 0 aliphatic carbocycles. The van der Waals surface area contributed by atoms with Gasteiger partial charge in [-0.2, -0.15) is 0 Å². The van der Waals surface area contributed by atoms with Crippen LogP contribution < -0.4 is 5.32 Å². The number of hydrogen-bond donors (Lipinski definition) is 1. The molecule has 4 rings (SSSR count). The minimum Gasteiger partial charge on any atom is -0.464 e. The summed E-state index contributed by atoms with van der Waals surface area (Å²) in [6, 6.07) is 21.0. The second-order valence-electron chi connectivity index (χ2n) is 7.95. The van der Waals surface area contributed by atoms with E-state index in [1.54, 1.807) is 21.8 Å². The molecule has 1 N–H and O–H groups in total. The molecule has 2 amide bonds. The Morgan fingerprint density at radius 1 is 1.03 bits per heavy atom. The first kappa shape index (κ1) is 21.4. The lowest BCUT2D eigenvalue weighted by Gasteiger charge is -2.29. The molecule has 6 nitrogen and oxygen atoms in total.